The van der Waals surface area contributed by atoms with E-state index in [9.17, 15) is 51.1 Å². The molecule has 0 aliphatic carbocycles. The number of phenols is 8. The van der Waals surface area contributed by atoms with Gasteiger partial charge in [-0.2, -0.15) is 0 Å². The second-order valence-electron chi connectivity index (χ2n) is 12.7. The topological polar surface area (TPSA) is 247 Å². The van der Waals surface area contributed by atoms with Gasteiger partial charge in [0.15, 0.2) is 35.2 Å². The van der Waals surface area contributed by atoms with E-state index in [4.69, 9.17) is 18.3 Å². The van der Waals surface area contributed by atoms with Gasteiger partial charge in [-0.15, -0.1) is 0 Å². The Labute approximate surface area is 300 Å². The molecule has 0 saturated carbocycles. The fourth-order valence-corrected chi connectivity index (χ4v) is 6.80. The lowest BCUT2D eigenvalue weighted by Crippen LogP contribution is -2.35. The number of aliphatic hydroxyl groups is 2. The fraction of sp³-hybridized carbons (Fsp3) is 0.179. The molecule has 14 nitrogen and oxygen atoms in total. The summed E-state index contributed by atoms with van der Waals surface area (Å²) in [6.07, 6.45) is -2.72. The van der Waals surface area contributed by atoms with Crippen LogP contribution in [0, 0.1) is 6.92 Å². The maximum absolute atomic E-state index is 11.0. The molecule has 2 aliphatic heterocycles. The third-order valence-electron chi connectivity index (χ3n) is 9.22. The molecule has 8 rings (SSSR count). The molecule has 10 N–H and O–H groups in total. The molecule has 0 amide bonds. The third kappa shape index (κ3) is 6.41. The van der Waals surface area contributed by atoms with Crippen LogP contribution in [0.3, 0.4) is 0 Å². The van der Waals surface area contributed by atoms with Crippen LogP contribution in [0.1, 0.15) is 63.6 Å². The van der Waals surface area contributed by atoms with E-state index in [1.807, 2.05) is 0 Å². The summed E-state index contributed by atoms with van der Waals surface area (Å²) in [6, 6.07) is 20.0. The lowest BCUT2D eigenvalue weighted by atomic mass is 9.82. The minimum Gasteiger partial charge on any atom is -0.508 e. The zero-order chi connectivity index (χ0) is 37.7. The predicted octanol–water partition coefficient (Wildman–Crippen LogP) is 5.77. The summed E-state index contributed by atoms with van der Waals surface area (Å²) in [6.45, 7) is 1.77. The number of fused-ring (bicyclic) bond motifs is 2. The number of benzene rings is 4. The van der Waals surface area contributed by atoms with Crippen molar-refractivity contribution in [3.05, 3.63) is 131 Å². The van der Waals surface area contributed by atoms with E-state index in [0.29, 0.717) is 39.5 Å². The quantitative estimate of drug-likeness (QED) is 0.0970. The Morgan fingerprint density at radius 2 is 0.981 bits per heavy atom. The molecular weight excluding hydrogens is 692 g/mol. The van der Waals surface area contributed by atoms with Crippen molar-refractivity contribution < 1.29 is 69.4 Å². The molecule has 2 aliphatic rings. The van der Waals surface area contributed by atoms with Gasteiger partial charge in [-0.05, 0) is 66.6 Å². The van der Waals surface area contributed by atoms with Gasteiger partial charge in [0.1, 0.15) is 64.0 Å². The standard InChI is InChI=1S/C20H18O7.C19H16O7/c1-9-2-5-15(26-9)18-17-14(24)7-11(21)8-16(17)27-20(19(18)25)10-3-4-12(22)13(23)6-10;20-10-7-13(23)16-15(8-10)26-19(9-3-4-11(21)12(22)6-9)18(24)17(16)14-2-1-5-25-14/h2-8,18-25H,1H3;1-8,17-24H. The van der Waals surface area contributed by atoms with E-state index < -0.39 is 36.3 Å². The molecule has 53 heavy (non-hydrogen) atoms. The summed E-state index contributed by atoms with van der Waals surface area (Å²) in [5, 5.41) is 101. The van der Waals surface area contributed by atoms with Crippen LogP contribution in [0.4, 0.5) is 0 Å². The van der Waals surface area contributed by atoms with E-state index in [1.54, 1.807) is 31.2 Å². The normalized spacial score (nSPS) is 21.6. The number of aryl methyl sites for hydroxylation is 1. The van der Waals surface area contributed by atoms with E-state index in [0.717, 1.165) is 6.07 Å². The predicted molar refractivity (Wildman–Crippen MR) is 184 cm³/mol. The molecule has 6 atom stereocenters. The molecule has 0 saturated heterocycles. The molecule has 0 bridgehead atoms. The Bertz CT molecular complexity index is 2280. The molecule has 6 aromatic rings. The first-order chi connectivity index (χ1) is 25.3. The van der Waals surface area contributed by atoms with Gasteiger partial charge >= 0.3 is 0 Å². The zero-order valence-electron chi connectivity index (χ0n) is 27.7. The Kier molecular flexibility index (Phi) is 8.85. The second-order valence-corrected chi connectivity index (χ2v) is 12.7. The smallest absolute Gasteiger partial charge is 0.157 e. The van der Waals surface area contributed by atoms with Crippen LogP contribution in [0.15, 0.2) is 100 Å². The van der Waals surface area contributed by atoms with E-state index in [2.05, 4.69) is 0 Å². The van der Waals surface area contributed by atoms with Crippen molar-refractivity contribution in [2.24, 2.45) is 0 Å². The molecule has 4 heterocycles. The largest absolute Gasteiger partial charge is 0.508 e. The number of phenolic OH excluding ortho intramolecular Hbond substituents is 8. The summed E-state index contributed by atoms with van der Waals surface area (Å²) in [5.41, 5.74) is 1.43. The summed E-state index contributed by atoms with van der Waals surface area (Å²) in [7, 11) is 0. The van der Waals surface area contributed by atoms with Gasteiger partial charge in [0.25, 0.3) is 0 Å². The van der Waals surface area contributed by atoms with Crippen LogP contribution in [0.2, 0.25) is 0 Å². The number of hydrogen-bond donors (Lipinski definition) is 10. The summed E-state index contributed by atoms with van der Waals surface area (Å²) in [5.74, 6) is -1.78. The number of furan rings is 2. The van der Waals surface area contributed by atoms with Crippen LogP contribution in [-0.4, -0.2) is 63.3 Å². The second kappa shape index (κ2) is 13.5. The van der Waals surface area contributed by atoms with Gasteiger partial charge in [0, 0.05) is 35.4 Å². The van der Waals surface area contributed by atoms with Crippen LogP contribution in [0.25, 0.3) is 0 Å². The van der Waals surface area contributed by atoms with E-state index in [-0.39, 0.29) is 57.5 Å². The highest BCUT2D eigenvalue weighted by molar-refractivity contribution is 5.57. The summed E-state index contributed by atoms with van der Waals surface area (Å²) in [4.78, 5) is 0. The van der Waals surface area contributed by atoms with Gasteiger partial charge in [-0.3, -0.25) is 0 Å². The minimum absolute atomic E-state index is 0.187. The number of ether oxygens (including phenoxy) is 2. The zero-order valence-corrected chi connectivity index (χ0v) is 27.7. The molecule has 0 radical (unpaired) electrons. The van der Waals surface area contributed by atoms with E-state index >= 15 is 0 Å². The molecule has 14 heteroatoms. The average Bonchev–Trinajstić information content (AvgIpc) is 3.80. The number of aromatic hydroxyl groups is 8. The fourth-order valence-electron chi connectivity index (χ4n) is 6.80. The van der Waals surface area contributed by atoms with Gasteiger partial charge in [0.2, 0.25) is 0 Å². The lowest BCUT2D eigenvalue weighted by Gasteiger charge is -2.36. The molecular formula is C39H34O14. The Balaban J connectivity index is 0.000000164. The molecule has 274 valence electrons. The molecule has 0 fully saturated rings. The van der Waals surface area contributed by atoms with Crippen molar-refractivity contribution >= 4 is 0 Å². The molecule has 0 spiro atoms. The number of aliphatic hydroxyl groups excluding tert-OH is 2. The Hall–Kier alpha value is -6.64. The van der Waals surface area contributed by atoms with Crippen molar-refractivity contribution in [2.75, 3.05) is 0 Å². The van der Waals surface area contributed by atoms with Crippen molar-refractivity contribution in [1.29, 1.82) is 0 Å². The van der Waals surface area contributed by atoms with Crippen molar-refractivity contribution in [3.8, 4) is 57.5 Å². The first-order valence-corrected chi connectivity index (χ1v) is 16.2. The maximum atomic E-state index is 11.0. The van der Waals surface area contributed by atoms with Gasteiger partial charge in [-0.1, -0.05) is 12.1 Å². The minimum atomic E-state index is -1.16. The van der Waals surface area contributed by atoms with Crippen LogP contribution in [-0.2, 0) is 0 Å². The number of hydrogen-bond acceptors (Lipinski definition) is 14. The highest BCUT2D eigenvalue weighted by Crippen LogP contribution is 2.52. The highest BCUT2D eigenvalue weighted by Gasteiger charge is 2.44. The Morgan fingerprint density at radius 3 is 1.40 bits per heavy atom. The van der Waals surface area contributed by atoms with Crippen LogP contribution < -0.4 is 9.47 Å². The molecule has 2 aromatic heterocycles. The van der Waals surface area contributed by atoms with Crippen LogP contribution >= 0.6 is 0 Å². The Morgan fingerprint density at radius 1 is 0.491 bits per heavy atom. The first-order valence-electron chi connectivity index (χ1n) is 16.2. The van der Waals surface area contributed by atoms with Crippen molar-refractivity contribution in [2.45, 2.75) is 43.2 Å². The summed E-state index contributed by atoms with van der Waals surface area (Å²) >= 11 is 0. The van der Waals surface area contributed by atoms with Gasteiger partial charge in [-0.25, -0.2) is 0 Å². The SMILES string of the molecule is Cc1ccc(C2c3c(O)cc(O)cc3OC(c3ccc(O)c(O)c3)C2O)o1.Oc1cc(O)c2c(c1)OC(c1ccc(O)c(O)c1)C(O)C2c1ccco1. The van der Waals surface area contributed by atoms with Crippen molar-refractivity contribution in [1.82, 2.24) is 0 Å². The average molecular weight is 727 g/mol. The third-order valence-corrected chi connectivity index (χ3v) is 9.22. The van der Waals surface area contributed by atoms with Gasteiger partial charge < -0.3 is 69.4 Å². The van der Waals surface area contributed by atoms with Crippen LogP contribution in [0.5, 0.6) is 57.5 Å². The lowest BCUT2D eigenvalue weighted by molar-refractivity contribution is 0.00301. The molecule has 4 aromatic carbocycles. The first kappa shape index (κ1) is 34.8. The maximum Gasteiger partial charge on any atom is 0.157 e. The van der Waals surface area contributed by atoms with Gasteiger partial charge in [0.05, 0.1) is 18.1 Å². The monoisotopic (exact) mass is 726 g/mol. The number of rotatable bonds is 4. The van der Waals surface area contributed by atoms with Crippen molar-refractivity contribution in [3.63, 3.8) is 0 Å². The molecule has 6 unspecified atom stereocenters. The summed E-state index contributed by atoms with van der Waals surface area (Å²) < 4.78 is 22.8. The highest BCUT2D eigenvalue weighted by atomic mass is 16.5. The van der Waals surface area contributed by atoms with E-state index in [1.165, 1.54) is 60.9 Å².